The molecular formula is C24H40. The molecule has 0 fully saturated rings. The molecule has 0 bridgehead atoms. The van der Waals surface area contributed by atoms with Crippen LogP contribution in [0.2, 0.25) is 0 Å². The number of rotatable bonds is 16. The molecule has 0 heteroatoms. The monoisotopic (exact) mass is 328 g/mol. The Morgan fingerprint density at radius 1 is 0.417 bits per heavy atom. The van der Waals surface area contributed by atoms with Crippen molar-refractivity contribution in [2.45, 2.75) is 90.9 Å². The van der Waals surface area contributed by atoms with Gasteiger partial charge in [0.25, 0.3) is 0 Å². The molecule has 0 atom stereocenters. The van der Waals surface area contributed by atoms with E-state index in [4.69, 9.17) is 0 Å². The van der Waals surface area contributed by atoms with Gasteiger partial charge >= 0.3 is 0 Å². The van der Waals surface area contributed by atoms with Gasteiger partial charge in [-0.15, -0.1) is 0 Å². The van der Waals surface area contributed by atoms with Crippen molar-refractivity contribution in [1.82, 2.24) is 0 Å². The topological polar surface area (TPSA) is 0 Å². The third kappa shape index (κ3) is 20.7. The second-order valence-corrected chi connectivity index (χ2v) is 6.26. The van der Waals surface area contributed by atoms with E-state index in [1.54, 1.807) is 0 Å². The van der Waals surface area contributed by atoms with Crippen LogP contribution in [0.1, 0.15) is 90.9 Å². The Morgan fingerprint density at radius 2 is 0.833 bits per heavy atom. The van der Waals surface area contributed by atoms with Crippen LogP contribution in [0.5, 0.6) is 0 Å². The lowest BCUT2D eigenvalue weighted by Crippen LogP contribution is -1.77. The highest BCUT2D eigenvalue weighted by atomic mass is 13.9. The molecule has 0 aromatic rings. The zero-order chi connectivity index (χ0) is 17.6. The van der Waals surface area contributed by atoms with E-state index in [0.717, 1.165) is 32.1 Å². The third-order valence-corrected chi connectivity index (χ3v) is 3.88. The van der Waals surface area contributed by atoms with Crippen LogP contribution >= 0.6 is 0 Å². The fraction of sp³-hybridized carbons (Fsp3) is 0.583. The molecule has 0 saturated heterocycles. The molecule has 0 amide bonds. The molecule has 136 valence electrons. The van der Waals surface area contributed by atoms with Gasteiger partial charge in [-0.2, -0.15) is 0 Å². The Labute approximate surface area is 152 Å². The fourth-order valence-corrected chi connectivity index (χ4v) is 2.41. The van der Waals surface area contributed by atoms with Crippen molar-refractivity contribution in [3.63, 3.8) is 0 Å². The molecule has 0 N–H and O–H groups in total. The Bertz CT molecular complexity index is 365. The fourth-order valence-electron chi connectivity index (χ4n) is 2.41. The number of hydrogen-bond acceptors (Lipinski definition) is 0. The van der Waals surface area contributed by atoms with E-state index < -0.39 is 0 Å². The molecule has 0 aliphatic heterocycles. The summed E-state index contributed by atoms with van der Waals surface area (Å²) >= 11 is 0. The largest absolute Gasteiger partial charge is 0.0885 e. The highest BCUT2D eigenvalue weighted by Gasteiger charge is 1.87. The molecule has 0 heterocycles. The maximum atomic E-state index is 2.35. The van der Waals surface area contributed by atoms with Gasteiger partial charge in [-0.3, -0.25) is 0 Å². The van der Waals surface area contributed by atoms with E-state index in [-0.39, 0.29) is 0 Å². The highest BCUT2D eigenvalue weighted by Crippen LogP contribution is 2.07. The van der Waals surface area contributed by atoms with Gasteiger partial charge in [0.05, 0.1) is 0 Å². The summed E-state index contributed by atoms with van der Waals surface area (Å²) in [6, 6.07) is 0. The lowest BCUT2D eigenvalue weighted by atomic mass is 10.1. The van der Waals surface area contributed by atoms with Gasteiger partial charge in [0.2, 0.25) is 0 Å². The molecule has 0 unspecified atom stereocenters. The van der Waals surface area contributed by atoms with Crippen LogP contribution in [0.25, 0.3) is 0 Å². The predicted octanol–water partition coefficient (Wildman–Crippen LogP) is 8.49. The zero-order valence-electron chi connectivity index (χ0n) is 16.3. The number of allylic oxidation sites excluding steroid dienone is 10. The summed E-state index contributed by atoms with van der Waals surface area (Å²) in [5, 5.41) is 0. The van der Waals surface area contributed by atoms with Crippen LogP contribution in [0.4, 0.5) is 0 Å². The predicted molar refractivity (Wildman–Crippen MR) is 112 cm³/mol. The van der Waals surface area contributed by atoms with E-state index in [1.165, 1.54) is 44.9 Å². The second kappa shape index (κ2) is 21.7. The van der Waals surface area contributed by atoms with Crippen LogP contribution in [0, 0.1) is 0 Å². The van der Waals surface area contributed by atoms with Crippen molar-refractivity contribution < 1.29 is 0 Å². The molecular weight excluding hydrogens is 288 g/mol. The van der Waals surface area contributed by atoms with Gasteiger partial charge in [-0.05, 0) is 44.9 Å². The number of hydrogen-bond donors (Lipinski definition) is 0. The SMILES string of the molecule is CC/C=C/C/C=C/C/C=C/C/C=C/C/C=C/CCCCCCCC. The third-order valence-electron chi connectivity index (χ3n) is 3.88. The molecule has 0 nitrogen and oxygen atoms in total. The maximum absolute atomic E-state index is 2.35. The Balaban J connectivity index is 3.37. The smallest absolute Gasteiger partial charge is 0.0169 e. The van der Waals surface area contributed by atoms with E-state index in [2.05, 4.69) is 74.6 Å². The van der Waals surface area contributed by atoms with Gasteiger partial charge in [-0.1, -0.05) is 107 Å². The molecule has 0 spiro atoms. The van der Waals surface area contributed by atoms with Gasteiger partial charge < -0.3 is 0 Å². The summed E-state index contributed by atoms with van der Waals surface area (Å²) in [5.74, 6) is 0. The van der Waals surface area contributed by atoms with Crippen LogP contribution < -0.4 is 0 Å². The summed E-state index contributed by atoms with van der Waals surface area (Å²) in [6.07, 6.45) is 37.6. The van der Waals surface area contributed by atoms with E-state index in [9.17, 15) is 0 Å². The maximum Gasteiger partial charge on any atom is -0.0169 e. The Kier molecular flexibility index (Phi) is 20.5. The number of unbranched alkanes of at least 4 members (excludes halogenated alkanes) is 6. The van der Waals surface area contributed by atoms with Crippen molar-refractivity contribution in [3.8, 4) is 0 Å². The molecule has 0 aliphatic carbocycles. The van der Waals surface area contributed by atoms with Crippen molar-refractivity contribution >= 4 is 0 Å². The summed E-state index contributed by atoms with van der Waals surface area (Å²) in [6.45, 7) is 4.44. The molecule has 0 aliphatic rings. The van der Waals surface area contributed by atoms with Gasteiger partial charge in [0, 0.05) is 0 Å². The average Bonchev–Trinajstić information content (AvgIpc) is 2.60. The quantitative estimate of drug-likeness (QED) is 0.197. The summed E-state index contributed by atoms with van der Waals surface area (Å²) in [7, 11) is 0. The van der Waals surface area contributed by atoms with Crippen molar-refractivity contribution in [2.24, 2.45) is 0 Å². The summed E-state index contributed by atoms with van der Waals surface area (Å²) < 4.78 is 0. The first-order valence-corrected chi connectivity index (χ1v) is 10.2. The van der Waals surface area contributed by atoms with Crippen LogP contribution in [0.3, 0.4) is 0 Å². The lowest BCUT2D eigenvalue weighted by molar-refractivity contribution is 0.611. The van der Waals surface area contributed by atoms with E-state index >= 15 is 0 Å². The van der Waals surface area contributed by atoms with Crippen molar-refractivity contribution in [1.29, 1.82) is 0 Å². The molecule has 0 radical (unpaired) electrons. The van der Waals surface area contributed by atoms with Crippen LogP contribution in [-0.2, 0) is 0 Å². The standard InChI is InChI=1S/C24H40/c1-3-5-7-9-11-13-15-17-19-21-23-24-22-20-18-16-14-12-10-8-6-4-2/h5,7,11,13,17-20,23-24H,3-4,6,8-10,12,14-16,21-22H2,1-2H3/b7-5+,13-11+,19-17+,20-18+,24-23+. The first-order valence-electron chi connectivity index (χ1n) is 10.2. The van der Waals surface area contributed by atoms with Crippen LogP contribution in [0.15, 0.2) is 60.8 Å². The molecule has 0 aromatic carbocycles. The Morgan fingerprint density at radius 3 is 1.33 bits per heavy atom. The first-order chi connectivity index (χ1) is 11.9. The molecule has 24 heavy (non-hydrogen) atoms. The van der Waals surface area contributed by atoms with Crippen molar-refractivity contribution in [3.05, 3.63) is 60.8 Å². The van der Waals surface area contributed by atoms with Crippen LogP contribution in [-0.4, -0.2) is 0 Å². The van der Waals surface area contributed by atoms with Gasteiger partial charge in [0.1, 0.15) is 0 Å². The Hall–Kier alpha value is -1.30. The minimum absolute atomic E-state index is 1.05. The second-order valence-electron chi connectivity index (χ2n) is 6.26. The minimum Gasteiger partial charge on any atom is -0.0885 e. The highest BCUT2D eigenvalue weighted by molar-refractivity contribution is 5.00. The normalized spacial score (nSPS) is 12.9. The van der Waals surface area contributed by atoms with E-state index in [1.807, 2.05) is 0 Å². The van der Waals surface area contributed by atoms with E-state index in [0.29, 0.717) is 0 Å². The first kappa shape index (κ1) is 22.7. The molecule has 0 saturated carbocycles. The summed E-state index contributed by atoms with van der Waals surface area (Å²) in [4.78, 5) is 0. The lowest BCUT2D eigenvalue weighted by Gasteiger charge is -1.97. The average molecular weight is 329 g/mol. The van der Waals surface area contributed by atoms with Gasteiger partial charge in [-0.25, -0.2) is 0 Å². The van der Waals surface area contributed by atoms with Crippen molar-refractivity contribution in [2.75, 3.05) is 0 Å². The summed E-state index contributed by atoms with van der Waals surface area (Å²) in [5.41, 5.74) is 0. The molecule has 0 rings (SSSR count). The van der Waals surface area contributed by atoms with Gasteiger partial charge in [0.15, 0.2) is 0 Å². The zero-order valence-corrected chi connectivity index (χ0v) is 16.3. The molecule has 0 aromatic heterocycles. The minimum atomic E-state index is 1.05.